The summed E-state index contributed by atoms with van der Waals surface area (Å²) < 4.78 is 38.0. The maximum Gasteiger partial charge on any atom is 0.406 e. The van der Waals surface area contributed by atoms with Gasteiger partial charge in [-0.1, -0.05) is 38.8 Å². The molecule has 2 rings (SSSR count). The summed E-state index contributed by atoms with van der Waals surface area (Å²) in [5, 5.41) is 2.75. The Morgan fingerprint density at radius 3 is 2.48 bits per heavy atom. The number of nitrogens with zero attached hydrogens (tertiary/aromatic N) is 1. The summed E-state index contributed by atoms with van der Waals surface area (Å²) in [5.74, 6) is -5.35. The molecule has 25 heavy (non-hydrogen) atoms. The molecule has 0 bridgehead atoms. The number of unbranched alkanes of at least 4 members (excludes halogenated alkanes) is 2. The van der Waals surface area contributed by atoms with Crippen molar-refractivity contribution >= 4 is 17.7 Å². The van der Waals surface area contributed by atoms with Crippen LogP contribution in [0.4, 0.5) is 13.2 Å². The molecule has 1 aliphatic heterocycles. The quantitative estimate of drug-likeness (QED) is 0.449. The maximum absolute atomic E-state index is 12.7. The second-order valence-corrected chi connectivity index (χ2v) is 6.70. The van der Waals surface area contributed by atoms with E-state index in [0.717, 1.165) is 19.3 Å². The van der Waals surface area contributed by atoms with Gasteiger partial charge < -0.3 is 5.32 Å². The number of hydrogen-bond donors (Lipinski definition) is 1. The Morgan fingerprint density at radius 2 is 1.88 bits per heavy atom. The number of amides is 3. The van der Waals surface area contributed by atoms with Crippen molar-refractivity contribution in [2.24, 2.45) is 23.7 Å². The SMILES string of the molecule is CCCCCNC(=O)[C@H]1[C@H]2C(=O)N(CC(F)(F)F)C(=O)[C@H]2C=C[C@H]1C. The third-order valence-electron chi connectivity index (χ3n) is 4.78. The first kappa shape index (κ1) is 19.5. The van der Waals surface area contributed by atoms with Gasteiger partial charge in [-0.25, -0.2) is 0 Å². The normalized spacial score (nSPS) is 29.1. The van der Waals surface area contributed by atoms with Gasteiger partial charge >= 0.3 is 6.18 Å². The summed E-state index contributed by atoms with van der Waals surface area (Å²) in [4.78, 5) is 37.4. The lowest BCUT2D eigenvalue weighted by Gasteiger charge is -2.30. The van der Waals surface area contributed by atoms with Crippen LogP contribution in [0.5, 0.6) is 0 Å². The van der Waals surface area contributed by atoms with Crippen LogP contribution in [0, 0.1) is 23.7 Å². The number of nitrogens with one attached hydrogen (secondary N) is 1. The second-order valence-electron chi connectivity index (χ2n) is 6.70. The molecule has 0 aromatic heterocycles. The Kier molecular flexibility index (Phi) is 5.90. The van der Waals surface area contributed by atoms with Crippen LogP contribution in [0.1, 0.15) is 33.1 Å². The van der Waals surface area contributed by atoms with E-state index < -0.39 is 42.3 Å². The third-order valence-corrected chi connectivity index (χ3v) is 4.78. The molecule has 0 aromatic rings. The highest BCUT2D eigenvalue weighted by Crippen LogP contribution is 2.41. The number of allylic oxidation sites excluding steroid dienone is 1. The molecule has 4 atom stereocenters. The van der Waals surface area contributed by atoms with Crippen LogP contribution in [0.3, 0.4) is 0 Å². The van der Waals surface area contributed by atoms with Gasteiger partial charge in [0.25, 0.3) is 0 Å². The van der Waals surface area contributed by atoms with E-state index in [2.05, 4.69) is 5.32 Å². The van der Waals surface area contributed by atoms with E-state index in [1.54, 1.807) is 13.0 Å². The molecule has 5 nitrogen and oxygen atoms in total. The highest BCUT2D eigenvalue weighted by Gasteiger charge is 2.56. The van der Waals surface area contributed by atoms with Crippen molar-refractivity contribution in [1.29, 1.82) is 0 Å². The Labute approximate surface area is 144 Å². The van der Waals surface area contributed by atoms with Crippen molar-refractivity contribution in [3.63, 3.8) is 0 Å². The Bertz CT molecular complexity index is 574. The van der Waals surface area contributed by atoms with Crippen molar-refractivity contribution in [1.82, 2.24) is 10.2 Å². The van der Waals surface area contributed by atoms with Crippen molar-refractivity contribution in [3.8, 4) is 0 Å². The molecule has 2 aliphatic rings. The first-order valence-electron chi connectivity index (χ1n) is 8.55. The number of carbonyl (C=O) groups excluding carboxylic acids is 3. The molecule has 0 spiro atoms. The number of alkyl halides is 3. The fourth-order valence-corrected chi connectivity index (χ4v) is 3.54. The Balaban J connectivity index is 2.16. The van der Waals surface area contributed by atoms with Crippen LogP contribution in [-0.2, 0) is 14.4 Å². The van der Waals surface area contributed by atoms with E-state index in [0.29, 0.717) is 6.54 Å². The van der Waals surface area contributed by atoms with E-state index in [1.165, 1.54) is 6.08 Å². The molecular formula is C17H23F3N2O3. The van der Waals surface area contributed by atoms with E-state index in [9.17, 15) is 27.6 Å². The van der Waals surface area contributed by atoms with Crippen molar-refractivity contribution in [2.75, 3.05) is 13.1 Å². The lowest BCUT2D eigenvalue weighted by atomic mass is 9.71. The van der Waals surface area contributed by atoms with Gasteiger partial charge in [0.15, 0.2) is 0 Å². The van der Waals surface area contributed by atoms with Gasteiger partial charge in [0.05, 0.1) is 17.8 Å². The molecular weight excluding hydrogens is 337 g/mol. The van der Waals surface area contributed by atoms with E-state index in [4.69, 9.17) is 0 Å². The van der Waals surface area contributed by atoms with Crippen molar-refractivity contribution in [3.05, 3.63) is 12.2 Å². The van der Waals surface area contributed by atoms with Crippen molar-refractivity contribution in [2.45, 2.75) is 39.3 Å². The minimum atomic E-state index is -4.66. The highest BCUT2D eigenvalue weighted by molar-refractivity contribution is 6.08. The topological polar surface area (TPSA) is 66.5 Å². The number of rotatable bonds is 6. The second kappa shape index (κ2) is 7.58. The molecule has 0 aromatic carbocycles. The van der Waals surface area contributed by atoms with Crippen LogP contribution >= 0.6 is 0 Å². The fraction of sp³-hybridized carbons (Fsp3) is 0.706. The lowest BCUT2D eigenvalue weighted by molar-refractivity contribution is -0.166. The highest BCUT2D eigenvalue weighted by atomic mass is 19.4. The Morgan fingerprint density at radius 1 is 1.20 bits per heavy atom. The van der Waals surface area contributed by atoms with Gasteiger partial charge in [-0.3, -0.25) is 19.3 Å². The number of carbonyl (C=O) groups is 3. The van der Waals surface area contributed by atoms with Crippen LogP contribution in [-0.4, -0.2) is 41.9 Å². The summed E-state index contributed by atoms with van der Waals surface area (Å²) in [6.45, 7) is 2.60. The number of hydrogen-bond acceptors (Lipinski definition) is 3. The summed E-state index contributed by atoms with van der Waals surface area (Å²) in [5.41, 5.74) is 0. The fourth-order valence-electron chi connectivity index (χ4n) is 3.54. The molecule has 0 unspecified atom stereocenters. The van der Waals surface area contributed by atoms with Crippen LogP contribution in [0.2, 0.25) is 0 Å². The van der Waals surface area contributed by atoms with Gasteiger partial charge in [-0.2, -0.15) is 13.2 Å². The monoisotopic (exact) mass is 360 g/mol. The summed E-state index contributed by atoms with van der Waals surface area (Å²) in [6, 6.07) is 0. The summed E-state index contributed by atoms with van der Waals surface area (Å²) in [6.07, 6.45) is 1.17. The average Bonchev–Trinajstić information content (AvgIpc) is 2.75. The molecule has 1 heterocycles. The smallest absolute Gasteiger partial charge is 0.356 e. The maximum atomic E-state index is 12.7. The molecule has 1 saturated heterocycles. The van der Waals surface area contributed by atoms with Gasteiger partial charge in [0.1, 0.15) is 6.54 Å². The first-order chi connectivity index (χ1) is 11.7. The largest absolute Gasteiger partial charge is 0.406 e. The van der Waals surface area contributed by atoms with Crippen molar-refractivity contribution < 1.29 is 27.6 Å². The standard InChI is InChI=1S/C17H23F3N2O3/c1-3-4-5-8-21-14(23)12-10(2)6-7-11-13(12)16(25)22(15(11)24)9-17(18,19)20/h6-7,10-13H,3-5,8-9H2,1-2H3,(H,21,23)/t10-,11+,12-,13+/m1/s1. The molecule has 1 N–H and O–H groups in total. The van der Waals surface area contributed by atoms with Crippen LogP contribution in [0.25, 0.3) is 0 Å². The van der Waals surface area contributed by atoms with E-state index >= 15 is 0 Å². The molecule has 8 heteroatoms. The Hall–Kier alpha value is -1.86. The molecule has 140 valence electrons. The summed E-state index contributed by atoms with van der Waals surface area (Å²) in [7, 11) is 0. The predicted molar refractivity (Wildman–Crippen MR) is 84.1 cm³/mol. The van der Waals surface area contributed by atoms with E-state index in [-0.39, 0.29) is 16.7 Å². The zero-order valence-electron chi connectivity index (χ0n) is 14.3. The molecule has 1 fully saturated rings. The number of imide groups is 1. The van der Waals surface area contributed by atoms with Gasteiger partial charge in [-0.05, 0) is 12.3 Å². The molecule has 0 radical (unpaired) electrons. The number of likely N-dealkylation sites (tertiary alicyclic amines) is 1. The van der Waals surface area contributed by atoms with E-state index in [1.807, 2.05) is 6.92 Å². The third kappa shape index (κ3) is 4.22. The summed E-state index contributed by atoms with van der Waals surface area (Å²) >= 11 is 0. The number of fused-ring (bicyclic) bond motifs is 1. The molecule has 3 amide bonds. The predicted octanol–water partition coefficient (Wildman–Crippen LogP) is 2.28. The zero-order chi connectivity index (χ0) is 18.8. The zero-order valence-corrected chi connectivity index (χ0v) is 14.3. The molecule has 1 aliphatic carbocycles. The van der Waals surface area contributed by atoms with Gasteiger partial charge in [-0.15, -0.1) is 0 Å². The minimum absolute atomic E-state index is 0.245. The lowest BCUT2D eigenvalue weighted by Crippen LogP contribution is -2.45. The van der Waals surface area contributed by atoms with Gasteiger partial charge in [0.2, 0.25) is 17.7 Å². The minimum Gasteiger partial charge on any atom is -0.356 e. The van der Waals surface area contributed by atoms with Crippen LogP contribution < -0.4 is 5.32 Å². The van der Waals surface area contributed by atoms with Gasteiger partial charge in [0, 0.05) is 6.54 Å². The first-order valence-corrected chi connectivity index (χ1v) is 8.55. The molecule has 0 saturated carbocycles. The van der Waals surface area contributed by atoms with Crippen LogP contribution in [0.15, 0.2) is 12.2 Å². The average molecular weight is 360 g/mol. The number of halogens is 3.